The number of allylic oxidation sites excluding steroid dienone is 1. The van der Waals surface area contributed by atoms with E-state index in [1.54, 1.807) is 6.08 Å². The summed E-state index contributed by atoms with van der Waals surface area (Å²) in [7, 11) is 0. The second-order valence-electron chi connectivity index (χ2n) is 10.9. The minimum absolute atomic E-state index is 0.146. The van der Waals surface area contributed by atoms with Crippen LogP contribution in [0.5, 0.6) is 0 Å². The topological polar surface area (TPSA) is 92.5 Å². The van der Waals surface area contributed by atoms with Crippen LogP contribution in [0.2, 0.25) is 0 Å². The summed E-state index contributed by atoms with van der Waals surface area (Å²) >= 11 is 0. The first-order chi connectivity index (χ1) is 17.8. The van der Waals surface area contributed by atoms with Gasteiger partial charge in [-0.2, -0.15) is 0 Å². The third kappa shape index (κ3) is 5.79. The Hall–Kier alpha value is -3.41. The van der Waals surface area contributed by atoms with Crippen LogP contribution in [0.1, 0.15) is 64.0 Å². The monoisotopic (exact) mass is 501 g/mol. The highest BCUT2D eigenvalue weighted by molar-refractivity contribution is 6.06. The zero-order valence-corrected chi connectivity index (χ0v) is 22.0. The number of fused-ring (bicyclic) bond motifs is 3. The number of rotatable bonds is 11. The molecule has 2 aromatic carbocycles. The molecule has 37 heavy (non-hydrogen) atoms. The van der Waals surface area contributed by atoms with Crippen molar-refractivity contribution in [1.82, 2.24) is 5.32 Å². The van der Waals surface area contributed by atoms with Crippen molar-refractivity contribution in [3.05, 3.63) is 66.7 Å². The van der Waals surface area contributed by atoms with Crippen molar-refractivity contribution < 1.29 is 14.4 Å². The van der Waals surface area contributed by atoms with Gasteiger partial charge in [-0.05, 0) is 48.3 Å². The zero-order valence-electron chi connectivity index (χ0n) is 22.0. The molecule has 1 saturated carbocycles. The van der Waals surface area contributed by atoms with Crippen molar-refractivity contribution in [2.45, 2.75) is 58.4 Å². The lowest BCUT2D eigenvalue weighted by atomic mass is 9.82. The summed E-state index contributed by atoms with van der Waals surface area (Å²) in [6.45, 7) is 8.38. The molecule has 3 atom stereocenters. The Bertz CT molecular complexity index is 1150. The van der Waals surface area contributed by atoms with Crippen molar-refractivity contribution in [1.29, 1.82) is 0 Å². The van der Waals surface area contributed by atoms with E-state index in [-0.39, 0.29) is 17.7 Å². The Kier molecular flexibility index (Phi) is 8.47. The molecule has 2 aliphatic rings. The average Bonchev–Trinajstić information content (AvgIpc) is 2.94. The summed E-state index contributed by atoms with van der Waals surface area (Å²) in [6, 6.07) is 14.9. The number of nitrogens with one attached hydrogen (secondary N) is 1. The van der Waals surface area contributed by atoms with Gasteiger partial charge < -0.3 is 16.0 Å². The van der Waals surface area contributed by atoms with Crippen molar-refractivity contribution in [3.63, 3.8) is 0 Å². The highest BCUT2D eigenvalue weighted by atomic mass is 16.2. The van der Waals surface area contributed by atoms with Crippen molar-refractivity contribution in [3.8, 4) is 11.1 Å². The lowest BCUT2D eigenvalue weighted by Crippen LogP contribution is -2.47. The molecule has 1 aliphatic carbocycles. The van der Waals surface area contributed by atoms with E-state index in [4.69, 9.17) is 5.73 Å². The summed E-state index contributed by atoms with van der Waals surface area (Å²) in [4.78, 5) is 42.2. The van der Waals surface area contributed by atoms with E-state index in [0.717, 1.165) is 28.8 Å². The van der Waals surface area contributed by atoms with Crippen LogP contribution in [-0.4, -0.2) is 24.3 Å². The van der Waals surface area contributed by atoms with Gasteiger partial charge >= 0.3 is 0 Å². The maximum Gasteiger partial charge on any atom is 0.254 e. The van der Waals surface area contributed by atoms with Crippen LogP contribution in [-0.2, 0) is 14.4 Å². The molecule has 0 bridgehead atoms. The number of anilines is 1. The Morgan fingerprint density at radius 2 is 1.76 bits per heavy atom. The number of amides is 3. The first-order valence-corrected chi connectivity index (χ1v) is 13.5. The van der Waals surface area contributed by atoms with Gasteiger partial charge in [-0.3, -0.25) is 14.4 Å². The molecule has 1 aliphatic heterocycles. The van der Waals surface area contributed by atoms with Gasteiger partial charge in [-0.1, -0.05) is 81.7 Å². The predicted octanol–water partition coefficient (Wildman–Crippen LogP) is 5.39. The van der Waals surface area contributed by atoms with E-state index in [9.17, 15) is 14.4 Å². The second-order valence-corrected chi connectivity index (χ2v) is 10.9. The number of nitrogens with two attached hydrogens (primary N) is 1. The van der Waals surface area contributed by atoms with Crippen molar-refractivity contribution >= 4 is 23.4 Å². The van der Waals surface area contributed by atoms with Gasteiger partial charge in [-0.25, -0.2) is 0 Å². The lowest BCUT2D eigenvalue weighted by molar-refractivity contribution is -0.135. The molecule has 0 saturated heterocycles. The fourth-order valence-electron chi connectivity index (χ4n) is 5.67. The number of nitrogens with zero attached hydrogens (tertiary/aromatic N) is 1. The summed E-state index contributed by atoms with van der Waals surface area (Å²) in [6.07, 6.45) is 7.03. The maximum atomic E-state index is 14.2. The largest absolute Gasteiger partial charge is 0.369 e. The van der Waals surface area contributed by atoms with E-state index < -0.39 is 23.8 Å². The number of hydrogen-bond acceptors (Lipinski definition) is 3. The van der Waals surface area contributed by atoms with Crippen LogP contribution in [0, 0.1) is 23.7 Å². The lowest BCUT2D eigenvalue weighted by Gasteiger charge is -2.32. The minimum atomic E-state index is -0.857. The van der Waals surface area contributed by atoms with Crippen LogP contribution in [0.25, 0.3) is 11.1 Å². The molecule has 196 valence electrons. The molecule has 6 heteroatoms. The minimum Gasteiger partial charge on any atom is -0.369 e. The summed E-state index contributed by atoms with van der Waals surface area (Å²) in [5, 5.41) is 3.07. The van der Waals surface area contributed by atoms with Crippen LogP contribution < -0.4 is 16.0 Å². The first kappa shape index (κ1) is 26.6. The van der Waals surface area contributed by atoms with E-state index in [1.165, 1.54) is 19.3 Å². The van der Waals surface area contributed by atoms with Gasteiger partial charge in [0.25, 0.3) is 5.91 Å². The van der Waals surface area contributed by atoms with E-state index in [2.05, 4.69) is 11.9 Å². The van der Waals surface area contributed by atoms with Gasteiger partial charge in [-0.15, -0.1) is 6.58 Å². The van der Waals surface area contributed by atoms with Crippen LogP contribution >= 0.6 is 0 Å². The molecule has 0 spiro atoms. The van der Waals surface area contributed by atoms with Gasteiger partial charge in [0.05, 0.1) is 17.5 Å². The van der Waals surface area contributed by atoms with E-state index >= 15 is 0 Å². The van der Waals surface area contributed by atoms with E-state index in [1.807, 2.05) is 67.3 Å². The van der Waals surface area contributed by atoms with Crippen LogP contribution in [0.3, 0.4) is 0 Å². The quantitative estimate of drug-likeness (QED) is 0.405. The number of carbonyl (C=O) groups excluding carboxylic acids is 3. The van der Waals surface area contributed by atoms with Gasteiger partial charge in [0, 0.05) is 12.1 Å². The number of para-hydroxylation sites is 1. The third-order valence-electron chi connectivity index (χ3n) is 7.88. The van der Waals surface area contributed by atoms with Crippen molar-refractivity contribution in [2.24, 2.45) is 29.4 Å². The summed E-state index contributed by atoms with van der Waals surface area (Å²) < 4.78 is 0. The van der Waals surface area contributed by atoms with Crippen molar-refractivity contribution in [2.75, 3.05) is 11.4 Å². The summed E-state index contributed by atoms with van der Waals surface area (Å²) in [5.41, 5.74) is 9.28. The van der Waals surface area contributed by atoms with Gasteiger partial charge in [0.15, 0.2) is 0 Å². The molecule has 0 radical (unpaired) electrons. The van der Waals surface area contributed by atoms with Crippen LogP contribution in [0.15, 0.2) is 61.2 Å². The Morgan fingerprint density at radius 3 is 2.38 bits per heavy atom. The number of carbonyl (C=O) groups is 3. The molecule has 1 heterocycles. The second kappa shape index (κ2) is 11.8. The molecular formula is C31H39N3O3. The standard InChI is InChI=1S/C31H39N3O3/c1-4-10-25(29(32)35)26(19-20(2)3)30(36)33-28-24-15-6-5-13-22(24)23-14-7-8-16-27(23)34(31(28)37)18-17-21-11-9-12-21/h4-8,13-16,20-21,25-26,28H,1,9-12,17-19H2,2-3H3,(H2,32,35)(H,33,36). The summed E-state index contributed by atoms with van der Waals surface area (Å²) in [5.74, 6) is -1.51. The smallest absolute Gasteiger partial charge is 0.254 e. The molecular weight excluding hydrogens is 462 g/mol. The SMILES string of the molecule is C=CCC(C(N)=O)C(CC(C)C)C(=O)NC1C(=O)N(CCC2CCC2)c2ccccc2-c2ccccc21. The molecule has 4 rings (SSSR count). The van der Waals surface area contributed by atoms with Gasteiger partial charge in [0.1, 0.15) is 6.04 Å². The fourth-order valence-corrected chi connectivity index (χ4v) is 5.67. The number of hydrogen-bond donors (Lipinski definition) is 2. The molecule has 3 unspecified atom stereocenters. The molecule has 0 aromatic heterocycles. The fraction of sp³-hybridized carbons (Fsp3) is 0.452. The normalized spacial score (nSPS) is 18.7. The first-order valence-electron chi connectivity index (χ1n) is 13.5. The molecule has 6 nitrogen and oxygen atoms in total. The molecule has 2 aromatic rings. The van der Waals surface area contributed by atoms with E-state index in [0.29, 0.717) is 25.3 Å². The van der Waals surface area contributed by atoms with Crippen LogP contribution in [0.4, 0.5) is 5.69 Å². The average molecular weight is 502 g/mol. The molecule has 1 fully saturated rings. The Morgan fingerprint density at radius 1 is 1.08 bits per heavy atom. The molecule has 3 amide bonds. The Labute approximate surface area is 220 Å². The predicted molar refractivity (Wildman–Crippen MR) is 148 cm³/mol. The maximum absolute atomic E-state index is 14.2. The zero-order chi connectivity index (χ0) is 26.5. The molecule has 3 N–H and O–H groups in total. The highest BCUT2D eigenvalue weighted by Gasteiger charge is 2.39. The third-order valence-corrected chi connectivity index (χ3v) is 7.88. The van der Waals surface area contributed by atoms with Gasteiger partial charge in [0.2, 0.25) is 11.8 Å². The highest BCUT2D eigenvalue weighted by Crippen LogP contribution is 2.41. The Balaban J connectivity index is 1.72. The number of benzene rings is 2. The number of primary amides is 1.